The predicted octanol–water partition coefficient (Wildman–Crippen LogP) is 3.81. The maximum atomic E-state index is 4.49. The summed E-state index contributed by atoms with van der Waals surface area (Å²) in [6.45, 7) is 0. The molecule has 0 saturated heterocycles. The van der Waals surface area contributed by atoms with Gasteiger partial charge in [-0.1, -0.05) is 35.6 Å². The number of anilines is 1. The van der Waals surface area contributed by atoms with Crippen LogP contribution >= 0.6 is 11.3 Å². The van der Waals surface area contributed by atoms with Gasteiger partial charge in [0.1, 0.15) is 5.82 Å². The van der Waals surface area contributed by atoms with Crippen LogP contribution in [0.15, 0.2) is 42.6 Å². The SMILES string of the molecule is CN(C)c1ncc(C=CC=Cc2nc3ccccc3[nH]2)s1. The largest absolute Gasteiger partial charge is 0.354 e. The quantitative estimate of drug-likeness (QED) is 0.745. The van der Waals surface area contributed by atoms with Crippen LogP contribution in [0.3, 0.4) is 0 Å². The zero-order valence-corrected chi connectivity index (χ0v) is 12.8. The van der Waals surface area contributed by atoms with E-state index in [0.717, 1.165) is 26.9 Å². The van der Waals surface area contributed by atoms with Crippen molar-refractivity contribution < 1.29 is 0 Å². The van der Waals surface area contributed by atoms with Crippen molar-refractivity contribution in [2.45, 2.75) is 0 Å². The second-order valence-corrected chi connectivity index (χ2v) is 5.84. The molecule has 0 bridgehead atoms. The summed E-state index contributed by atoms with van der Waals surface area (Å²) in [7, 11) is 3.99. The first kappa shape index (κ1) is 13.6. The van der Waals surface area contributed by atoms with Crippen molar-refractivity contribution in [3.63, 3.8) is 0 Å². The van der Waals surface area contributed by atoms with Gasteiger partial charge in [-0.05, 0) is 24.3 Å². The Hall–Kier alpha value is -2.40. The van der Waals surface area contributed by atoms with Gasteiger partial charge in [-0.15, -0.1) is 0 Å². The molecule has 3 aromatic rings. The molecule has 5 heteroatoms. The average Bonchev–Trinajstić information content (AvgIpc) is 3.10. The van der Waals surface area contributed by atoms with Crippen LogP contribution in [-0.2, 0) is 0 Å². The maximum Gasteiger partial charge on any atom is 0.185 e. The summed E-state index contributed by atoms with van der Waals surface area (Å²) >= 11 is 1.66. The number of imidazole rings is 1. The molecule has 0 aliphatic carbocycles. The molecule has 0 spiro atoms. The van der Waals surface area contributed by atoms with Crippen LogP contribution in [0.25, 0.3) is 23.2 Å². The third kappa shape index (κ3) is 3.20. The standard InChI is InChI=1S/C16H16N4S/c1-20(2)16-17-11-12(21-16)7-3-6-10-15-18-13-8-4-5-9-14(13)19-15/h3-11H,1-2H3,(H,18,19). The van der Waals surface area contributed by atoms with Crippen molar-refractivity contribution in [3.8, 4) is 0 Å². The number of rotatable bonds is 4. The number of hydrogen-bond acceptors (Lipinski definition) is 4. The van der Waals surface area contributed by atoms with Gasteiger partial charge in [0.2, 0.25) is 0 Å². The third-order valence-corrected chi connectivity index (χ3v) is 4.06. The monoisotopic (exact) mass is 296 g/mol. The molecule has 4 nitrogen and oxygen atoms in total. The molecule has 0 fully saturated rings. The van der Waals surface area contributed by atoms with E-state index in [4.69, 9.17) is 0 Å². The fourth-order valence-electron chi connectivity index (χ4n) is 1.91. The first-order valence-corrected chi connectivity index (χ1v) is 7.47. The molecule has 0 radical (unpaired) electrons. The highest BCUT2D eigenvalue weighted by Gasteiger charge is 2.00. The Bertz CT molecular complexity index is 762. The van der Waals surface area contributed by atoms with E-state index >= 15 is 0 Å². The minimum Gasteiger partial charge on any atom is -0.354 e. The number of benzene rings is 1. The van der Waals surface area contributed by atoms with Crippen molar-refractivity contribution in [1.82, 2.24) is 15.0 Å². The van der Waals surface area contributed by atoms with Gasteiger partial charge in [-0.3, -0.25) is 0 Å². The van der Waals surface area contributed by atoms with Crippen molar-refractivity contribution in [3.05, 3.63) is 53.3 Å². The number of nitrogens with zero attached hydrogens (tertiary/aromatic N) is 3. The smallest absolute Gasteiger partial charge is 0.185 e. The Morgan fingerprint density at radius 2 is 1.95 bits per heavy atom. The van der Waals surface area contributed by atoms with Crippen LogP contribution in [0.5, 0.6) is 0 Å². The zero-order chi connectivity index (χ0) is 14.7. The molecule has 106 valence electrons. The Kier molecular flexibility index (Phi) is 3.83. The van der Waals surface area contributed by atoms with Crippen molar-refractivity contribution >= 4 is 39.7 Å². The van der Waals surface area contributed by atoms with Crippen LogP contribution in [0.1, 0.15) is 10.7 Å². The number of aromatic nitrogens is 3. The van der Waals surface area contributed by atoms with Crippen LogP contribution in [0.2, 0.25) is 0 Å². The average molecular weight is 296 g/mol. The molecule has 2 heterocycles. The van der Waals surface area contributed by atoms with Crippen molar-refractivity contribution in [2.75, 3.05) is 19.0 Å². The number of para-hydroxylation sites is 2. The van der Waals surface area contributed by atoms with E-state index in [1.165, 1.54) is 0 Å². The van der Waals surface area contributed by atoms with Crippen molar-refractivity contribution in [1.29, 1.82) is 0 Å². The highest BCUT2D eigenvalue weighted by molar-refractivity contribution is 7.16. The Morgan fingerprint density at radius 1 is 1.14 bits per heavy atom. The minimum absolute atomic E-state index is 0.860. The van der Waals surface area contributed by atoms with E-state index < -0.39 is 0 Å². The highest BCUT2D eigenvalue weighted by atomic mass is 32.1. The lowest BCUT2D eigenvalue weighted by Gasteiger charge is -2.04. The molecule has 1 aromatic carbocycles. The second kappa shape index (κ2) is 5.93. The summed E-state index contributed by atoms with van der Waals surface area (Å²) in [5, 5.41) is 1.01. The van der Waals surface area contributed by atoms with E-state index in [0.29, 0.717) is 0 Å². The van der Waals surface area contributed by atoms with Gasteiger partial charge < -0.3 is 9.88 Å². The molecule has 0 aliphatic heterocycles. The molecule has 0 unspecified atom stereocenters. The molecule has 0 amide bonds. The summed E-state index contributed by atoms with van der Waals surface area (Å²) in [6.07, 6.45) is 9.87. The normalized spacial score (nSPS) is 11.9. The zero-order valence-electron chi connectivity index (χ0n) is 11.9. The topological polar surface area (TPSA) is 44.8 Å². The highest BCUT2D eigenvalue weighted by Crippen LogP contribution is 2.21. The summed E-state index contributed by atoms with van der Waals surface area (Å²) in [4.78, 5) is 15.2. The van der Waals surface area contributed by atoms with Gasteiger partial charge in [0.25, 0.3) is 0 Å². The van der Waals surface area contributed by atoms with Gasteiger partial charge in [-0.2, -0.15) is 0 Å². The number of thiazole rings is 1. The number of hydrogen-bond donors (Lipinski definition) is 1. The molecular weight excluding hydrogens is 280 g/mol. The lowest BCUT2D eigenvalue weighted by molar-refractivity contribution is 1.10. The molecule has 0 atom stereocenters. The fourth-order valence-corrected chi connectivity index (χ4v) is 2.66. The molecule has 3 rings (SSSR count). The lowest BCUT2D eigenvalue weighted by atomic mass is 10.3. The van der Waals surface area contributed by atoms with Gasteiger partial charge >= 0.3 is 0 Å². The number of aromatic amines is 1. The predicted molar refractivity (Wildman–Crippen MR) is 90.6 cm³/mol. The van der Waals surface area contributed by atoms with Gasteiger partial charge in [-0.25, -0.2) is 9.97 Å². The third-order valence-electron chi connectivity index (χ3n) is 2.93. The number of H-pyrrole nitrogens is 1. The number of allylic oxidation sites excluding steroid dienone is 2. The van der Waals surface area contributed by atoms with E-state index in [1.54, 1.807) is 11.3 Å². The lowest BCUT2D eigenvalue weighted by Crippen LogP contribution is -2.07. The van der Waals surface area contributed by atoms with E-state index in [9.17, 15) is 0 Å². The van der Waals surface area contributed by atoms with E-state index in [1.807, 2.05) is 73.8 Å². The Morgan fingerprint density at radius 3 is 2.71 bits per heavy atom. The maximum absolute atomic E-state index is 4.49. The van der Waals surface area contributed by atoms with Crippen LogP contribution < -0.4 is 4.90 Å². The van der Waals surface area contributed by atoms with Gasteiger partial charge in [0, 0.05) is 25.2 Å². The van der Waals surface area contributed by atoms with Crippen LogP contribution in [0, 0.1) is 0 Å². The van der Waals surface area contributed by atoms with E-state index in [2.05, 4.69) is 15.0 Å². The Balaban J connectivity index is 1.69. The van der Waals surface area contributed by atoms with Gasteiger partial charge in [0.15, 0.2) is 5.13 Å². The minimum atomic E-state index is 0.860. The summed E-state index contributed by atoms with van der Waals surface area (Å²) in [6, 6.07) is 8.01. The number of fused-ring (bicyclic) bond motifs is 1. The summed E-state index contributed by atoms with van der Waals surface area (Å²) in [5.74, 6) is 0.860. The molecular formula is C16H16N4S. The molecule has 2 aromatic heterocycles. The van der Waals surface area contributed by atoms with Crippen molar-refractivity contribution in [2.24, 2.45) is 0 Å². The van der Waals surface area contributed by atoms with Gasteiger partial charge in [0.05, 0.1) is 11.0 Å². The molecule has 21 heavy (non-hydrogen) atoms. The summed E-state index contributed by atoms with van der Waals surface area (Å²) < 4.78 is 0. The van der Waals surface area contributed by atoms with E-state index in [-0.39, 0.29) is 0 Å². The second-order valence-electron chi connectivity index (χ2n) is 4.80. The van der Waals surface area contributed by atoms with Crippen LogP contribution in [0.4, 0.5) is 5.13 Å². The molecule has 1 N–H and O–H groups in total. The number of nitrogens with one attached hydrogen (secondary N) is 1. The van der Waals surface area contributed by atoms with Crippen LogP contribution in [-0.4, -0.2) is 29.0 Å². The first-order valence-electron chi connectivity index (χ1n) is 6.65. The summed E-state index contributed by atoms with van der Waals surface area (Å²) in [5.41, 5.74) is 2.04. The first-order chi connectivity index (χ1) is 10.2. The Labute approximate surface area is 127 Å². The fraction of sp³-hybridized carbons (Fsp3) is 0.125. The molecule has 0 aliphatic rings. The molecule has 0 saturated carbocycles.